The zero-order chi connectivity index (χ0) is 12.0. The SMILES string of the molecule is CSCCC(C)NC(=O)c1cccnc1F. The van der Waals surface area contributed by atoms with Gasteiger partial charge in [-0.1, -0.05) is 0 Å². The molecule has 16 heavy (non-hydrogen) atoms. The summed E-state index contributed by atoms with van der Waals surface area (Å²) in [5, 5.41) is 2.74. The van der Waals surface area contributed by atoms with Crippen LogP contribution in [0.25, 0.3) is 0 Å². The average molecular weight is 242 g/mol. The Bertz CT molecular complexity index is 360. The molecule has 1 amide bonds. The van der Waals surface area contributed by atoms with Crippen molar-refractivity contribution in [3.05, 3.63) is 29.8 Å². The van der Waals surface area contributed by atoms with Crippen LogP contribution >= 0.6 is 11.8 Å². The van der Waals surface area contributed by atoms with E-state index in [2.05, 4.69) is 10.3 Å². The van der Waals surface area contributed by atoms with Crippen molar-refractivity contribution in [2.24, 2.45) is 0 Å². The Morgan fingerprint density at radius 3 is 3.06 bits per heavy atom. The molecule has 1 aromatic rings. The molecule has 1 heterocycles. The summed E-state index contributed by atoms with van der Waals surface area (Å²) in [4.78, 5) is 15.1. The van der Waals surface area contributed by atoms with Gasteiger partial charge in [-0.2, -0.15) is 16.2 Å². The van der Waals surface area contributed by atoms with Gasteiger partial charge in [0.15, 0.2) is 0 Å². The van der Waals surface area contributed by atoms with E-state index in [-0.39, 0.29) is 11.6 Å². The van der Waals surface area contributed by atoms with Crippen molar-refractivity contribution in [3.8, 4) is 0 Å². The first-order valence-electron chi connectivity index (χ1n) is 5.05. The minimum Gasteiger partial charge on any atom is -0.349 e. The van der Waals surface area contributed by atoms with Gasteiger partial charge >= 0.3 is 0 Å². The van der Waals surface area contributed by atoms with Gasteiger partial charge in [-0.3, -0.25) is 4.79 Å². The highest BCUT2D eigenvalue weighted by atomic mass is 32.2. The van der Waals surface area contributed by atoms with Crippen LogP contribution in [0.3, 0.4) is 0 Å². The number of nitrogens with one attached hydrogen (secondary N) is 1. The van der Waals surface area contributed by atoms with Gasteiger partial charge in [0.1, 0.15) is 0 Å². The van der Waals surface area contributed by atoms with E-state index in [9.17, 15) is 9.18 Å². The molecule has 5 heteroatoms. The topological polar surface area (TPSA) is 42.0 Å². The van der Waals surface area contributed by atoms with Crippen molar-refractivity contribution < 1.29 is 9.18 Å². The molecular formula is C11H15FN2OS. The maximum atomic E-state index is 13.2. The van der Waals surface area contributed by atoms with Crippen LogP contribution in [0.15, 0.2) is 18.3 Å². The van der Waals surface area contributed by atoms with E-state index >= 15 is 0 Å². The highest BCUT2D eigenvalue weighted by molar-refractivity contribution is 7.98. The molecule has 0 aliphatic heterocycles. The van der Waals surface area contributed by atoms with Gasteiger partial charge < -0.3 is 5.32 Å². The molecule has 1 aromatic heterocycles. The fourth-order valence-corrected chi connectivity index (χ4v) is 1.81. The number of pyridine rings is 1. The van der Waals surface area contributed by atoms with Crippen molar-refractivity contribution in [1.82, 2.24) is 10.3 Å². The van der Waals surface area contributed by atoms with E-state index in [1.54, 1.807) is 17.8 Å². The van der Waals surface area contributed by atoms with Crippen LogP contribution in [0.4, 0.5) is 4.39 Å². The van der Waals surface area contributed by atoms with Crippen molar-refractivity contribution in [2.45, 2.75) is 19.4 Å². The molecule has 1 atom stereocenters. The molecule has 0 aliphatic rings. The summed E-state index contributed by atoms with van der Waals surface area (Å²) in [6, 6.07) is 3.02. The second-order valence-electron chi connectivity index (χ2n) is 3.50. The third kappa shape index (κ3) is 3.81. The van der Waals surface area contributed by atoms with Crippen molar-refractivity contribution in [2.75, 3.05) is 12.0 Å². The number of aromatic nitrogens is 1. The van der Waals surface area contributed by atoms with Gasteiger partial charge in [0.25, 0.3) is 5.91 Å². The number of carbonyl (C=O) groups excluding carboxylic acids is 1. The van der Waals surface area contributed by atoms with Gasteiger partial charge in [-0.15, -0.1) is 0 Å². The summed E-state index contributed by atoms with van der Waals surface area (Å²) >= 11 is 1.72. The molecule has 0 spiro atoms. The maximum Gasteiger partial charge on any atom is 0.256 e. The largest absolute Gasteiger partial charge is 0.349 e. The molecule has 1 rings (SSSR count). The smallest absolute Gasteiger partial charge is 0.256 e. The van der Waals surface area contributed by atoms with Crippen LogP contribution in [0, 0.1) is 5.95 Å². The van der Waals surface area contributed by atoms with Crippen LogP contribution in [0.1, 0.15) is 23.7 Å². The Hall–Kier alpha value is -1.10. The molecule has 0 fully saturated rings. The number of hydrogen-bond acceptors (Lipinski definition) is 3. The zero-order valence-corrected chi connectivity index (χ0v) is 10.2. The number of amides is 1. The van der Waals surface area contributed by atoms with Crippen molar-refractivity contribution in [1.29, 1.82) is 0 Å². The van der Waals surface area contributed by atoms with Crippen LogP contribution in [-0.4, -0.2) is 28.9 Å². The minimum atomic E-state index is -0.725. The average Bonchev–Trinajstić information content (AvgIpc) is 2.26. The van der Waals surface area contributed by atoms with Gasteiger partial charge in [0.2, 0.25) is 5.95 Å². The second kappa shape index (κ2) is 6.48. The van der Waals surface area contributed by atoms with Crippen molar-refractivity contribution in [3.63, 3.8) is 0 Å². The molecule has 0 aromatic carbocycles. The summed E-state index contributed by atoms with van der Waals surface area (Å²) in [6.45, 7) is 1.91. The van der Waals surface area contributed by atoms with Crippen LogP contribution in [-0.2, 0) is 0 Å². The second-order valence-corrected chi connectivity index (χ2v) is 4.48. The maximum absolute atomic E-state index is 13.2. The quantitative estimate of drug-likeness (QED) is 0.804. The van der Waals surface area contributed by atoms with Gasteiger partial charge in [0.05, 0.1) is 5.56 Å². The van der Waals surface area contributed by atoms with Crippen LogP contribution in [0.5, 0.6) is 0 Å². The Balaban J connectivity index is 2.56. The van der Waals surface area contributed by atoms with E-state index in [1.807, 2.05) is 13.2 Å². The van der Waals surface area contributed by atoms with Crippen LogP contribution < -0.4 is 5.32 Å². The highest BCUT2D eigenvalue weighted by Crippen LogP contribution is 2.05. The molecular weight excluding hydrogens is 227 g/mol. The predicted octanol–water partition coefficient (Wildman–Crippen LogP) is 2.09. The molecule has 0 saturated carbocycles. The lowest BCUT2D eigenvalue weighted by Crippen LogP contribution is -2.33. The fourth-order valence-electron chi connectivity index (χ4n) is 1.22. The Kier molecular flexibility index (Phi) is 5.25. The molecule has 1 unspecified atom stereocenters. The summed E-state index contributed by atoms with van der Waals surface area (Å²) < 4.78 is 13.2. The Labute approximate surface area is 98.8 Å². The van der Waals surface area contributed by atoms with Crippen molar-refractivity contribution >= 4 is 17.7 Å². The number of rotatable bonds is 5. The first kappa shape index (κ1) is 13.0. The monoisotopic (exact) mass is 242 g/mol. The Morgan fingerprint density at radius 1 is 1.69 bits per heavy atom. The lowest BCUT2D eigenvalue weighted by Gasteiger charge is -2.13. The van der Waals surface area contributed by atoms with E-state index in [4.69, 9.17) is 0 Å². The van der Waals surface area contributed by atoms with Crippen LogP contribution in [0.2, 0.25) is 0 Å². The minimum absolute atomic E-state index is 0.00139. The standard InChI is InChI=1S/C11H15FN2OS/c1-8(5-7-16-2)14-11(15)9-4-3-6-13-10(9)12/h3-4,6,8H,5,7H2,1-2H3,(H,14,15). The Morgan fingerprint density at radius 2 is 2.44 bits per heavy atom. The number of thioether (sulfide) groups is 1. The molecule has 3 nitrogen and oxygen atoms in total. The molecule has 1 N–H and O–H groups in total. The third-order valence-electron chi connectivity index (χ3n) is 2.14. The summed E-state index contributed by atoms with van der Waals surface area (Å²) in [5.41, 5.74) is -0.00139. The van der Waals surface area contributed by atoms with E-state index in [0.717, 1.165) is 12.2 Å². The molecule has 0 bridgehead atoms. The number of nitrogens with zero attached hydrogens (tertiary/aromatic N) is 1. The molecule has 0 aliphatic carbocycles. The number of carbonyl (C=O) groups is 1. The van der Waals surface area contributed by atoms with E-state index in [1.165, 1.54) is 12.3 Å². The molecule has 0 saturated heterocycles. The molecule has 88 valence electrons. The normalized spacial score (nSPS) is 12.2. The lowest BCUT2D eigenvalue weighted by atomic mass is 10.2. The van der Waals surface area contributed by atoms with Gasteiger partial charge in [-0.25, -0.2) is 4.98 Å². The third-order valence-corrected chi connectivity index (χ3v) is 2.78. The van der Waals surface area contributed by atoms with Gasteiger partial charge in [-0.05, 0) is 37.5 Å². The number of hydrogen-bond donors (Lipinski definition) is 1. The predicted molar refractivity (Wildman–Crippen MR) is 64.1 cm³/mol. The fraction of sp³-hybridized carbons (Fsp3) is 0.455. The zero-order valence-electron chi connectivity index (χ0n) is 9.37. The summed E-state index contributed by atoms with van der Waals surface area (Å²) in [7, 11) is 0. The van der Waals surface area contributed by atoms with E-state index < -0.39 is 11.9 Å². The summed E-state index contributed by atoms with van der Waals surface area (Å²) in [5.74, 6) is -0.159. The van der Waals surface area contributed by atoms with E-state index in [0.29, 0.717) is 0 Å². The highest BCUT2D eigenvalue weighted by Gasteiger charge is 2.13. The lowest BCUT2D eigenvalue weighted by molar-refractivity contribution is 0.0934. The molecule has 0 radical (unpaired) electrons. The first-order valence-corrected chi connectivity index (χ1v) is 6.45. The van der Waals surface area contributed by atoms with Gasteiger partial charge in [0, 0.05) is 12.2 Å². The summed E-state index contributed by atoms with van der Waals surface area (Å²) in [6.07, 6.45) is 4.20. The number of halogens is 1. The first-order chi connectivity index (χ1) is 7.65.